The van der Waals surface area contributed by atoms with Crippen LogP contribution in [0.25, 0.3) is 5.69 Å². The zero-order chi connectivity index (χ0) is 16.2. The number of para-hydroxylation sites is 1. The molecule has 0 radical (unpaired) electrons. The molecule has 1 N–H and O–H groups in total. The summed E-state index contributed by atoms with van der Waals surface area (Å²) in [6.45, 7) is 1.47. The predicted octanol–water partition coefficient (Wildman–Crippen LogP) is 2.55. The van der Waals surface area contributed by atoms with Crippen LogP contribution >= 0.6 is 0 Å². The lowest BCUT2D eigenvalue weighted by molar-refractivity contribution is 0.0473. The summed E-state index contributed by atoms with van der Waals surface area (Å²) in [7, 11) is 0. The fourth-order valence-corrected chi connectivity index (χ4v) is 2.23. The van der Waals surface area contributed by atoms with E-state index in [0.29, 0.717) is 17.0 Å². The number of carbonyl (C=O) groups is 2. The van der Waals surface area contributed by atoms with Crippen LogP contribution in [0.1, 0.15) is 26.5 Å². The maximum absolute atomic E-state index is 12.1. The second-order valence-corrected chi connectivity index (χ2v) is 4.97. The summed E-state index contributed by atoms with van der Waals surface area (Å²) >= 11 is 0. The molecule has 2 heterocycles. The average molecular weight is 309 g/mol. The number of carbonyl (C=O) groups excluding carboxylic acids is 2. The fourth-order valence-electron chi connectivity index (χ4n) is 2.23. The third-order valence-corrected chi connectivity index (χ3v) is 3.46. The van der Waals surface area contributed by atoms with Gasteiger partial charge in [0.2, 0.25) is 5.78 Å². The Morgan fingerprint density at radius 3 is 2.65 bits per heavy atom. The maximum atomic E-state index is 12.1. The van der Waals surface area contributed by atoms with Gasteiger partial charge < -0.3 is 9.72 Å². The number of nitrogens with one attached hydrogen (secondary N) is 1. The summed E-state index contributed by atoms with van der Waals surface area (Å²) < 4.78 is 6.74. The minimum Gasteiger partial charge on any atom is -0.454 e. The van der Waals surface area contributed by atoms with Gasteiger partial charge in [0.05, 0.1) is 23.3 Å². The number of hydrogen-bond donors (Lipinski definition) is 1. The number of ketones is 1. The lowest BCUT2D eigenvalue weighted by atomic mass is 10.2. The molecule has 0 atom stereocenters. The number of benzene rings is 1. The Hall–Kier alpha value is -3.15. The van der Waals surface area contributed by atoms with Crippen molar-refractivity contribution in [2.45, 2.75) is 6.92 Å². The standard InChI is InChI=1S/C17H15N3O3/c1-12-14(10-19-20(12)13-6-3-2-4-7-13)17(22)23-11-16(21)15-8-5-9-18-15/h2-10,18H,11H2,1H3. The number of ether oxygens (including phenoxy) is 1. The van der Waals surface area contributed by atoms with Gasteiger partial charge in [-0.05, 0) is 31.2 Å². The zero-order valence-corrected chi connectivity index (χ0v) is 12.5. The Balaban J connectivity index is 1.71. The normalized spacial score (nSPS) is 10.5. The lowest BCUT2D eigenvalue weighted by Crippen LogP contribution is -2.15. The van der Waals surface area contributed by atoms with Crippen LogP contribution in [0.2, 0.25) is 0 Å². The summed E-state index contributed by atoms with van der Waals surface area (Å²) in [5, 5.41) is 4.21. The molecule has 6 heteroatoms. The predicted molar refractivity (Wildman–Crippen MR) is 83.7 cm³/mol. The van der Waals surface area contributed by atoms with Crippen LogP contribution in [0.4, 0.5) is 0 Å². The summed E-state index contributed by atoms with van der Waals surface area (Å²) in [5.74, 6) is -0.846. The van der Waals surface area contributed by atoms with Crippen molar-refractivity contribution in [3.63, 3.8) is 0 Å². The summed E-state index contributed by atoms with van der Waals surface area (Å²) in [6.07, 6.45) is 3.09. The van der Waals surface area contributed by atoms with E-state index in [9.17, 15) is 9.59 Å². The largest absolute Gasteiger partial charge is 0.454 e. The smallest absolute Gasteiger partial charge is 0.342 e. The first-order valence-electron chi connectivity index (χ1n) is 7.10. The van der Waals surface area contributed by atoms with Gasteiger partial charge in [-0.3, -0.25) is 4.79 Å². The number of nitrogens with zero attached hydrogens (tertiary/aromatic N) is 2. The molecule has 0 amide bonds. The molecular weight excluding hydrogens is 294 g/mol. The van der Waals surface area contributed by atoms with E-state index in [1.165, 1.54) is 6.20 Å². The number of aromatic amines is 1. The Bertz CT molecular complexity index is 820. The molecule has 0 saturated heterocycles. The van der Waals surface area contributed by atoms with E-state index in [1.807, 2.05) is 30.3 Å². The van der Waals surface area contributed by atoms with Gasteiger partial charge in [-0.1, -0.05) is 18.2 Å². The highest BCUT2D eigenvalue weighted by Gasteiger charge is 2.18. The number of Topliss-reactive ketones (excluding diaryl/α,β-unsaturated/α-hetero) is 1. The molecule has 2 aromatic heterocycles. The molecule has 0 aliphatic carbocycles. The van der Waals surface area contributed by atoms with E-state index in [2.05, 4.69) is 10.1 Å². The molecular formula is C17H15N3O3. The van der Waals surface area contributed by atoms with Gasteiger partial charge >= 0.3 is 5.97 Å². The highest BCUT2D eigenvalue weighted by molar-refractivity contribution is 5.98. The average Bonchev–Trinajstić information content (AvgIpc) is 3.23. The Kier molecular flexibility index (Phi) is 4.05. The highest BCUT2D eigenvalue weighted by Crippen LogP contribution is 2.14. The molecule has 0 spiro atoms. The molecule has 0 aliphatic rings. The quantitative estimate of drug-likeness (QED) is 0.580. The summed E-state index contributed by atoms with van der Waals surface area (Å²) in [5.41, 5.74) is 2.27. The minimum absolute atomic E-state index is 0.281. The van der Waals surface area contributed by atoms with Crippen LogP contribution in [-0.4, -0.2) is 33.1 Å². The molecule has 23 heavy (non-hydrogen) atoms. The van der Waals surface area contributed by atoms with Gasteiger partial charge in [0.1, 0.15) is 5.56 Å². The monoisotopic (exact) mass is 309 g/mol. The van der Waals surface area contributed by atoms with E-state index in [-0.39, 0.29) is 12.4 Å². The molecule has 6 nitrogen and oxygen atoms in total. The molecule has 0 fully saturated rings. The Morgan fingerprint density at radius 1 is 1.17 bits per heavy atom. The van der Waals surface area contributed by atoms with Crippen LogP contribution in [0.15, 0.2) is 54.9 Å². The second kappa shape index (κ2) is 6.31. The van der Waals surface area contributed by atoms with Gasteiger partial charge in [0.15, 0.2) is 6.61 Å². The van der Waals surface area contributed by atoms with E-state index in [1.54, 1.807) is 29.9 Å². The number of H-pyrrole nitrogens is 1. The van der Waals surface area contributed by atoms with E-state index in [0.717, 1.165) is 5.69 Å². The van der Waals surface area contributed by atoms with Gasteiger partial charge in [0, 0.05) is 6.20 Å². The van der Waals surface area contributed by atoms with Crippen LogP contribution in [0.3, 0.4) is 0 Å². The third-order valence-electron chi connectivity index (χ3n) is 3.46. The first kappa shape index (κ1) is 14.8. The van der Waals surface area contributed by atoms with Crippen LogP contribution < -0.4 is 0 Å². The highest BCUT2D eigenvalue weighted by atomic mass is 16.5. The summed E-state index contributed by atoms with van der Waals surface area (Å²) in [4.78, 5) is 26.8. The Morgan fingerprint density at radius 2 is 1.96 bits per heavy atom. The van der Waals surface area contributed by atoms with E-state index < -0.39 is 5.97 Å². The van der Waals surface area contributed by atoms with Gasteiger partial charge in [-0.15, -0.1) is 0 Å². The molecule has 3 aromatic rings. The minimum atomic E-state index is -0.565. The Labute approximate surface area is 132 Å². The topological polar surface area (TPSA) is 77.0 Å². The van der Waals surface area contributed by atoms with Crippen LogP contribution in [0.5, 0.6) is 0 Å². The van der Waals surface area contributed by atoms with Crippen molar-refractivity contribution in [1.29, 1.82) is 0 Å². The van der Waals surface area contributed by atoms with Gasteiger partial charge in [-0.2, -0.15) is 5.10 Å². The molecule has 0 aliphatic heterocycles. The van der Waals surface area contributed by atoms with Gasteiger partial charge in [-0.25, -0.2) is 9.48 Å². The van der Waals surface area contributed by atoms with Crippen molar-refractivity contribution < 1.29 is 14.3 Å². The second-order valence-electron chi connectivity index (χ2n) is 4.97. The lowest BCUT2D eigenvalue weighted by Gasteiger charge is -2.05. The van der Waals surface area contributed by atoms with Crippen LogP contribution in [0, 0.1) is 6.92 Å². The molecule has 0 bridgehead atoms. The molecule has 1 aromatic carbocycles. The number of aromatic nitrogens is 3. The van der Waals surface area contributed by atoms with E-state index in [4.69, 9.17) is 4.74 Å². The van der Waals surface area contributed by atoms with E-state index >= 15 is 0 Å². The number of hydrogen-bond acceptors (Lipinski definition) is 4. The van der Waals surface area contributed by atoms with Crippen molar-refractivity contribution in [3.05, 3.63) is 71.8 Å². The van der Waals surface area contributed by atoms with Crippen molar-refractivity contribution in [2.75, 3.05) is 6.61 Å². The third kappa shape index (κ3) is 3.06. The van der Waals surface area contributed by atoms with Gasteiger partial charge in [0.25, 0.3) is 0 Å². The summed E-state index contributed by atoms with van der Waals surface area (Å²) in [6, 6.07) is 12.8. The molecule has 0 saturated carbocycles. The molecule has 3 rings (SSSR count). The SMILES string of the molecule is Cc1c(C(=O)OCC(=O)c2ccc[nH]2)cnn1-c1ccccc1. The van der Waals surface area contributed by atoms with Crippen molar-refractivity contribution in [2.24, 2.45) is 0 Å². The maximum Gasteiger partial charge on any atom is 0.342 e. The molecule has 0 unspecified atom stereocenters. The zero-order valence-electron chi connectivity index (χ0n) is 12.5. The first-order chi connectivity index (χ1) is 11.2. The van der Waals surface area contributed by atoms with Crippen LogP contribution in [-0.2, 0) is 4.74 Å². The number of esters is 1. The first-order valence-corrected chi connectivity index (χ1v) is 7.10. The van der Waals surface area contributed by atoms with Crippen molar-refractivity contribution >= 4 is 11.8 Å². The van der Waals surface area contributed by atoms with Crippen molar-refractivity contribution in [1.82, 2.24) is 14.8 Å². The fraction of sp³-hybridized carbons (Fsp3) is 0.118. The number of rotatable bonds is 5. The molecule has 116 valence electrons. The van der Waals surface area contributed by atoms with Crippen molar-refractivity contribution in [3.8, 4) is 5.69 Å².